The second kappa shape index (κ2) is 6.59. The van der Waals surface area contributed by atoms with Crippen molar-refractivity contribution in [1.82, 2.24) is 9.97 Å². The summed E-state index contributed by atoms with van der Waals surface area (Å²) >= 11 is 12.0. The van der Waals surface area contributed by atoms with Gasteiger partial charge >= 0.3 is 0 Å². The number of nitrogens with zero attached hydrogens (tertiary/aromatic N) is 2. The van der Waals surface area contributed by atoms with Crippen LogP contribution < -0.4 is 14.8 Å². The van der Waals surface area contributed by atoms with Crippen molar-refractivity contribution in [3.63, 3.8) is 0 Å². The van der Waals surface area contributed by atoms with Crippen LogP contribution in [0.1, 0.15) is 0 Å². The molecule has 0 aliphatic carbocycles. The molecule has 3 rings (SSSR count). The molecule has 0 aliphatic rings. The maximum atomic E-state index is 9.98. The fraction of sp³-hybridized carbons (Fsp3) is 0.125. The average molecular weight is 366 g/mol. The van der Waals surface area contributed by atoms with E-state index in [1.165, 1.54) is 20.3 Å². The van der Waals surface area contributed by atoms with Crippen LogP contribution in [0.4, 0.5) is 11.5 Å². The molecule has 0 unspecified atom stereocenters. The molecule has 1 aromatic heterocycles. The van der Waals surface area contributed by atoms with Gasteiger partial charge in [-0.1, -0.05) is 11.6 Å². The number of nitrogens with one attached hydrogen (secondary N) is 1. The number of hydrogen-bond donors (Lipinski definition) is 2. The average Bonchev–Trinajstić information content (AvgIpc) is 2.56. The number of phenolic OH excluding ortho intramolecular Hbond substituents is 1. The van der Waals surface area contributed by atoms with Gasteiger partial charge in [-0.25, -0.2) is 4.98 Å². The third-order valence-electron chi connectivity index (χ3n) is 3.39. The highest BCUT2D eigenvalue weighted by Gasteiger charge is 2.14. The zero-order valence-electron chi connectivity index (χ0n) is 12.8. The fourth-order valence-electron chi connectivity index (χ4n) is 2.26. The van der Waals surface area contributed by atoms with E-state index >= 15 is 0 Å². The fourth-order valence-corrected chi connectivity index (χ4v) is 2.61. The minimum atomic E-state index is 0.0303. The monoisotopic (exact) mass is 365 g/mol. The van der Waals surface area contributed by atoms with Crippen LogP contribution in [0, 0.1) is 0 Å². The summed E-state index contributed by atoms with van der Waals surface area (Å²) < 4.78 is 10.6. The zero-order valence-corrected chi connectivity index (χ0v) is 14.3. The number of methoxy groups -OCH3 is 2. The summed E-state index contributed by atoms with van der Waals surface area (Å²) in [6.07, 6.45) is 0. The Labute approximate surface area is 148 Å². The summed E-state index contributed by atoms with van der Waals surface area (Å²) in [6.45, 7) is 0. The first-order chi connectivity index (χ1) is 11.5. The van der Waals surface area contributed by atoms with Crippen LogP contribution in [-0.4, -0.2) is 29.3 Å². The molecule has 0 spiro atoms. The van der Waals surface area contributed by atoms with Gasteiger partial charge in [0.1, 0.15) is 11.6 Å². The maximum absolute atomic E-state index is 9.98. The standard InChI is InChI=1S/C16H13Cl2N3O3/c1-23-13-6-9-10(7-14(13)24-2)20-16(18)21-15(9)19-11-5-8(17)3-4-12(11)22/h3-7,22H,1-2H3,(H,19,20,21). The van der Waals surface area contributed by atoms with E-state index in [-0.39, 0.29) is 11.0 Å². The van der Waals surface area contributed by atoms with E-state index in [4.69, 9.17) is 32.7 Å². The van der Waals surface area contributed by atoms with Crippen LogP contribution in [0.3, 0.4) is 0 Å². The molecule has 2 aromatic carbocycles. The number of anilines is 2. The van der Waals surface area contributed by atoms with E-state index in [0.29, 0.717) is 38.9 Å². The Balaban J connectivity index is 2.17. The van der Waals surface area contributed by atoms with Crippen molar-refractivity contribution < 1.29 is 14.6 Å². The Bertz CT molecular complexity index is 919. The molecule has 0 amide bonds. The lowest BCUT2D eigenvalue weighted by atomic mass is 10.2. The topological polar surface area (TPSA) is 76.5 Å². The van der Waals surface area contributed by atoms with Crippen molar-refractivity contribution in [3.8, 4) is 17.2 Å². The van der Waals surface area contributed by atoms with Gasteiger partial charge in [0.25, 0.3) is 0 Å². The predicted octanol–water partition coefficient (Wildman–Crippen LogP) is 4.40. The molecular weight excluding hydrogens is 353 g/mol. The van der Waals surface area contributed by atoms with E-state index in [1.807, 2.05) is 0 Å². The second-order valence-electron chi connectivity index (χ2n) is 4.85. The predicted molar refractivity (Wildman–Crippen MR) is 94.1 cm³/mol. The van der Waals surface area contributed by atoms with Crippen molar-refractivity contribution in [2.24, 2.45) is 0 Å². The highest BCUT2D eigenvalue weighted by atomic mass is 35.5. The lowest BCUT2D eigenvalue weighted by Crippen LogP contribution is -1.99. The van der Waals surface area contributed by atoms with Crippen molar-refractivity contribution in [3.05, 3.63) is 40.6 Å². The molecule has 0 saturated carbocycles. The van der Waals surface area contributed by atoms with Gasteiger partial charge in [-0.05, 0) is 35.9 Å². The van der Waals surface area contributed by atoms with E-state index in [2.05, 4.69) is 15.3 Å². The second-order valence-corrected chi connectivity index (χ2v) is 5.63. The number of halogens is 2. The summed E-state index contributed by atoms with van der Waals surface area (Å²) in [5.41, 5.74) is 0.963. The van der Waals surface area contributed by atoms with E-state index in [0.717, 1.165) is 0 Å². The van der Waals surface area contributed by atoms with Crippen LogP contribution in [0.15, 0.2) is 30.3 Å². The van der Waals surface area contributed by atoms with Gasteiger partial charge in [-0.15, -0.1) is 0 Å². The van der Waals surface area contributed by atoms with E-state index < -0.39 is 0 Å². The van der Waals surface area contributed by atoms with Gasteiger partial charge in [-0.3, -0.25) is 0 Å². The molecule has 3 aromatic rings. The lowest BCUT2D eigenvalue weighted by Gasteiger charge is -2.13. The molecule has 2 N–H and O–H groups in total. The van der Waals surface area contributed by atoms with Crippen molar-refractivity contribution in [2.75, 3.05) is 19.5 Å². The third-order valence-corrected chi connectivity index (χ3v) is 3.79. The van der Waals surface area contributed by atoms with Gasteiger partial charge in [0, 0.05) is 16.5 Å². The van der Waals surface area contributed by atoms with Crippen molar-refractivity contribution in [1.29, 1.82) is 0 Å². The molecule has 0 fully saturated rings. The minimum absolute atomic E-state index is 0.0303. The number of benzene rings is 2. The molecule has 124 valence electrons. The lowest BCUT2D eigenvalue weighted by molar-refractivity contribution is 0.356. The number of rotatable bonds is 4. The quantitative estimate of drug-likeness (QED) is 0.526. The molecule has 1 heterocycles. The highest BCUT2D eigenvalue weighted by molar-refractivity contribution is 6.31. The number of aromatic hydroxyl groups is 1. The number of phenols is 1. The van der Waals surface area contributed by atoms with E-state index in [9.17, 15) is 5.11 Å². The Hall–Kier alpha value is -2.44. The van der Waals surface area contributed by atoms with Crippen LogP contribution in [0.5, 0.6) is 17.2 Å². The van der Waals surface area contributed by atoms with Gasteiger partial charge in [-0.2, -0.15) is 4.98 Å². The van der Waals surface area contributed by atoms with Crippen LogP contribution in [-0.2, 0) is 0 Å². The van der Waals surface area contributed by atoms with Gasteiger partial charge in [0.2, 0.25) is 5.28 Å². The molecule has 0 radical (unpaired) electrons. The number of aromatic nitrogens is 2. The maximum Gasteiger partial charge on any atom is 0.224 e. The normalized spacial score (nSPS) is 10.7. The minimum Gasteiger partial charge on any atom is -0.506 e. The van der Waals surface area contributed by atoms with Crippen LogP contribution in [0.25, 0.3) is 10.9 Å². The molecule has 24 heavy (non-hydrogen) atoms. The number of fused-ring (bicyclic) bond motifs is 1. The first kappa shape index (κ1) is 16.4. The van der Waals surface area contributed by atoms with Gasteiger partial charge in [0.05, 0.1) is 25.4 Å². The Kier molecular flexibility index (Phi) is 4.51. The summed E-state index contributed by atoms with van der Waals surface area (Å²) in [4.78, 5) is 8.38. The largest absolute Gasteiger partial charge is 0.506 e. The Morgan fingerprint density at radius 1 is 1.00 bits per heavy atom. The van der Waals surface area contributed by atoms with Gasteiger partial charge < -0.3 is 19.9 Å². The molecule has 0 bridgehead atoms. The van der Waals surface area contributed by atoms with Crippen LogP contribution >= 0.6 is 23.2 Å². The first-order valence-electron chi connectivity index (χ1n) is 6.86. The number of hydrogen-bond acceptors (Lipinski definition) is 6. The van der Waals surface area contributed by atoms with Gasteiger partial charge in [0.15, 0.2) is 11.5 Å². The molecular formula is C16H13Cl2N3O3. The summed E-state index contributed by atoms with van der Waals surface area (Å²) in [5, 5.41) is 14.2. The summed E-state index contributed by atoms with van der Waals surface area (Å²) in [7, 11) is 3.08. The SMILES string of the molecule is COc1cc2nc(Cl)nc(Nc3cc(Cl)ccc3O)c2cc1OC. The molecule has 0 saturated heterocycles. The first-order valence-corrected chi connectivity index (χ1v) is 7.62. The molecule has 8 heteroatoms. The summed E-state index contributed by atoms with van der Waals surface area (Å²) in [5.74, 6) is 1.48. The summed E-state index contributed by atoms with van der Waals surface area (Å²) in [6, 6.07) is 8.08. The smallest absolute Gasteiger partial charge is 0.224 e. The van der Waals surface area contributed by atoms with Crippen molar-refractivity contribution in [2.45, 2.75) is 0 Å². The van der Waals surface area contributed by atoms with E-state index in [1.54, 1.807) is 24.3 Å². The Morgan fingerprint density at radius 2 is 1.71 bits per heavy atom. The van der Waals surface area contributed by atoms with Crippen molar-refractivity contribution >= 4 is 45.6 Å². The molecule has 6 nitrogen and oxygen atoms in total. The molecule has 0 aliphatic heterocycles. The highest BCUT2D eigenvalue weighted by Crippen LogP contribution is 2.37. The third kappa shape index (κ3) is 3.11. The van der Waals surface area contributed by atoms with Crippen LogP contribution in [0.2, 0.25) is 10.3 Å². The zero-order chi connectivity index (χ0) is 17.3. The Morgan fingerprint density at radius 3 is 2.42 bits per heavy atom. The molecule has 0 atom stereocenters. The number of ether oxygens (including phenoxy) is 2.